The van der Waals surface area contributed by atoms with Crippen LogP contribution in [0, 0.1) is 0 Å². The van der Waals surface area contributed by atoms with Crippen LogP contribution in [0.5, 0.6) is 0 Å². The van der Waals surface area contributed by atoms with Gasteiger partial charge in [-0.3, -0.25) is 4.79 Å². The van der Waals surface area contributed by atoms with Gasteiger partial charge in [0.1, 0.15) is 0 Å². The van der Waals surface area contributed by atoms with Crippen LogP contribution < -0.4 is 10.2 Å². The summed E-state index contributed by atoms with van der Waals surface area (Å²) in [5.41, 5.74) is 1.90. The van der Waals surface area contributed by atoms with Crippen molar-refractivity contribution < 1.29 is 9.53 Å². The number of fused-ring (bicyclic) bond motifs is 1. The Morgan fingerprint density at radius 1 is 1.04 bits per heavy atom. The minimum absolute atomic E-state index is 0.0584. The molecule has 1 aliphatic rings. The maximum atomic E-state index is 12.7. The predicted molar refractivity (Wildman–Crippen MR) is 99.3 cm³/mol. The number of carbonyl (C=O) groups excluding carboxylic acids is 1. The molecule has 24 heavy (non-hydrogen) atoms. The molecule has 3 aromatic rings. The fourth-order valence-corrected chi connectivity index (χ4v) is 3.90. The Labute approximate surface area is 144 Å². The van der Waals surface area contributed by atoms with E-state index in [1.807, 2.05) is 54.6 Å². The Hall–Kier alpha value is -2.37. The van der Waals surface area contributed by atoms with E-state index >= 15 is 0 Å². The minimum Gasteiger partial charge on any atom is -0.378 e. The van der Waals surface area contributed by atoms with Crippen LogP contribution in [0.1, 0.15) is 9.67 Å². The van der Waals surface area contributed by atoms with E-state index in [-0.39, 0.29) is 5.91 Å². The van der Waals surface area contributed by atoms with Crippen molar-refractivity contribution in [2.75, 3.05) is 36.5 Å². The average molecular weight is 338 g/mol. The van der Waals surface area contributed by atoms with Crippen LogP contribution in [0.4, 0.5) is 11.4 Å². The molecular weight excluding hydrogens is 320 g/mol. The molecule has 1 N–H and O–H groups in total. The number of amides is 1. The Bertz CT molecular complexity index is 835. The number of benzene rings is 2. The number of ether oxygens (including phenoxy) is 1. The maximum absolute atomic E-state index is 12.7. The third kappa shape index (κ3) is 3.00. The van der Waals surface area contributed by atoms with Crippen LogP contribution in [-0.4, -0.2) is 32.2 Å². The van der Waals surface area contributed by atoms with Gasteiger partial charge in [-0.15, -0.1) is 11.3 Å². The molecule has 2 aromatic carbocycles. The number of thiophene rings is 1. The van der Waals surface area contributed by atoms with Gasteiger partial charge in [0, 0.05) is 17.8 Å². The Morgan fingerprint density at radius 2 is 1.79 bits per heavy atom. The molecule has 0 atom stereocenters. The number of rotatable bonds is 3. The highest BCUT2D eigenvalue weighted by Gasteiger charge is 2.17. The van der Waals surface area contributed by atoms with Crippen LogP contribution in [0.3, 0.4) is 0 Å². The molecule has 0 bridgehead atoms. The smallest absolute Gasteiger partial charge is 0.265 e. The summed E-state index contributed by atoms with van der Waals surface area (Å²) >= 11 is 1.52. The first kappa shape index (κ1) is 15.2. The van der Waals surface area contributed by atoms with Crippen molar-refractivity contribution in [2.24, 2.45) is 0 Å². The Kier molecular flexibility index (Phi) is 4.19. The molecule has 4 rings (SSSR count). The largest absolute Gasteiger partial charge is 0.378 e. The zero-order valence-electron chi connectivity index (χ0n) is 13.2. The van der Waals surface area contributed by atoms with Crippen LogP contribution in [0.15, 0.2) is 54.6 Å². The highest BCUT2D eigenvalue weighted by Crippen LogP contribution is 2.29. The highest BCUT2D eigenvalue weighted by atomic mass is 32.1. The second kappa shape index (κ2) is 6.63. The summed E-state index contributed by atoms with van der Waals surface area (Å²) in [5, 5.41) is 4.18. The molecule has 0 unspecified atom stereocenters. The summed E-state index contributed by atoms with van der Waals surface area (Å²) < 4.78 is 6.55. The number of nitrogens with one attached hydrogen (secondary N) is 1. The monoisotopic (exact) mass is 338 g/mol. The quantitative estimate of drug-likeness (QED) is 0.785. The number of anilines is 2. The number of para-hydroxylation sites is 2. The summed E-state index contributed by atoms with van der Waals surface area (Å²) in [6.45, 7) is 3.13. The van der Waals surface area contributed by atoms with Crippen molar-refractivity contribution in [1.29, 1.82) is 0 Å². The Morgan fingerprint density at radius 3 is 2.62 bits per heavy atom. The molecule has 5 heteroatoms. The van der Waals surface area contributed by atoms with E-state index in [0.29, 0.717) is 0 Å². The first-order valence-corrected chi connectivity index (χ1v) is 8.84. The number of nitrogens with zero attached hydrogens (tertiary/aromatic N) is 1. The third-order valence-corrected chi connectivity index (χ3v) is 5.27. The molecule has 122 valence electrons. The van der Waals surface area contributed by atoms with Gasteiger partial charge in [0.15, 0.2) is 0 Å². The standard InChI is InChI=1S/C19H18N2O2S/c22-19(18-13-14-5-1-4-8-17(14)24-18)20-15-6-2-3-7-16(15)21-9-11-23-12-10-21/h1-8,13H,9-12H2,(H,20,22). The van der Waals surface area contributed by atoms with Crippen molar-refractivity contribution in [3.05, 3.63) is 59.5 Å². The molecule has 1 aliphatic heterocycles. The molecule has 4 nitrogen and oxygen atoms in total. The predicted octanol–water partition coefficient (Wildman–Crippen LogP) is 3.99. The molecule has 0 aliphatic carbocycles. The van der Waals surface area contributed by atoms with Gasteiger partial charge in [-0.25, -0.2) is 0 Å². The minimum atomic E-state index is -0.0584. The van der Waals surface area contributed by atoms with E-state index in [2.05, 4.69) is 10.2 Å². The summed E-state index contributed by atoms with van der Waals surface area (Å²) in [5.74, 6) is -0.0584. The van der Waals surface area contributed by atoms with Crippen molar-refractivity contribution >= 4 is 38.7 Å². The second-order valence-electron chi connectivity index (χ2n) is 5.72. The van der Waals surface area contributed by atoms with E-state index in [4.69, 9.17) is 4.74 Å². The van der Waals surface area contributed by atoms with Crippen LogP contribution >= 0.6 is 11.3 Å². The van der Waals surface area contributed by atoms with Gasteiger partial charge in [-0.1, -0.05) is 30.3 Å². The fraction of sp³-hybridized carbons (Fsp3) is 0.211. The van der Waals surface area contributed by atoms with E-state index in [0.717, 1.165) is 52.6 Å². The van der Waals surface area contributed by atoms with Crippen molar-refractivity contribution in [1.82, 2.24) is 0 Å². The summed E-state index contributed by atoms with van der Waals surface area (Å²) in [6, 6.07) is 18.0. The highest BCUT2D eigenvalue weighted by molar-refractivity contribution is 7.20. The topological polar surface area (TPSA) is 41.6 Å². The van der Waals surface area contributed by atoms with Crippen molar-refractivity contribution in [3.63, 3.8) is 0 Å². The number of morpholine rings is 1. The van der Waals surface area contributed by atoms with E-state index in [1.54, 1.807) is 0 Å². The lowest BCUT2D eigenvalue weighted by Crippen LogP contribution is -2.36. The fourth-order valence-electron chi connectivity index (χ4n) is 2.94. The van der Waals surface area contributed by atoms with Gasteiger partial charge >= 0.3 is 0 Å². The van der Waals surface area contributed by atoms with E-state index in [1.165, 1.54) is 11.3 Å². The molecule has 2 heterocycles. The van der Waals surface area contributed by atoms with Gasteiger partial charge in [-0.2, -0.15) is 0 Å². The normalized spacial score (nSPS) is 14.8. The van der Waals surface area contributed by atoms with Crippen LogP contribution in [-0.2, 0) is 4.74 Å². The van der Waals surface area contributed by atoms with Crippen LogP contribution in [0.2, 0.25) is 0 Å². The molecule has 1 aromatic heterocycles. The molecule has 1 amide bonds. The maximum Gasteiger partial charge on any atom is 0.265 e. The second-order valence-corrected chi connectivity index (χ2v) is 6.80. The number of carbonyl (C=O) groups is 1. The third-order valence-electron chi connectivity index (χ3n) is 4.15. The first-order chi connectivity index (χ1) is 11.8. The lowest BCUT2D eigenvalue weighted by atomic mass is 10.2. The summed E-state index contributed by atoms with van der Waals surface area (Å²) in [6.07, 6.45) is 0. The SMILES string of the molecule is O=C(Nc1ccccc1N1CCOCC1)c1cc2ccccc2s1. The average Bonchev–Trinajstić information content (AvgIpc) is 3.07. The van der Waals surface area contributed by atoms with Gasteiger partial charge in [-0.05, 0) is 29.7 Å². The molecular formula is C19H18N2O2S. The van der Waals surface area contributed by atoms with Gasteiger partial charge in [0.25, 0.3) is 5.91 Å². The molecule has 1 saturated heterocycles. The lowest BCUT2D eigenvalue weighted by molar-refractivity contribution is 0.103. The zero-order chi connectivity index (χ0) is 16.4. The number of hydrogen-bond donors (Lipinski definition) is 1. The zero-order valence-corrected chi connectivity index (χ0v) is 14.0. The summed E-state index contributed by atoms with van der Waals surface area (Å²) in [4.78, 5) is 15.7. The lowest BCUT2D eigenvalue weighted by Gasteiger charge is -2.30. The van der Waals surface area contributed by atoms with Crippen LogP contribution in [0.25, 0.3) is 10.1 Å². The van der Waals surface area contributed by atoms with Crippen molar-refractivity contribution in [3.8, 4) is 0 Å². The first-order valence-electron chi connectivity index (χ1n) is 8.03. The Balaban J connectivity index is 1.59. The van der Waals surface area contributed by atoms with E-state index in [9.17, 15) is 4.79 Å². The number of hydrogen-bond acceptors (Lipinski definition) is 4. The molecule has 0 saturated carbocycles. The van der Waals surface area contributed by atoms with Gasteiger partial charge < -0.3 is 15.0 Å². The van der Waals surface area contributed by atoms with Gasteiger partial charge in [0.05, 0.1) is 29.5 Å². The molecule has 1 fully saturated rings. The molecule has 0 spiro atoms. The summed E-state index contributed by atoms with van der Waals surface area (Å²) in [7, 11) is 0. The van der Waals surface area contributed by atoms with E-state index < -0.39 is 0 Å². The molecule has 0 radical (unpaired) electrons. The van der Waals surface area contributed by atoms with Gasteiger partial charge in [0.2, 0.25) is 0 Å². The van der Waals surface area contributed by atoms with Crippen molar-refractivity contribution in [2.45, 2.75) is 0 Å².